The van der Waals surface area contributed by atoms with Crippen LogP contribution in [0.3, 0.4) is 0 Å². The van der Waals surface area contributed by atoms with E-state index in [1.54, 1.807) is 30.6 Å². The molecule has 0 fully saturated rings. The van der Waals surface area contributed by atoms with Crippen molar-refractivity contribution in [3.05, 3.63) is 127 Å². The van der Waals surface area contributed by atoms with Crippen molar-refractivity contribution >= 4 is 61.9 Å². The molecule has 0 bridgehead atoms. The molecular weight excluding hydrogens is 729 g/mol. The Kier molecular flexibility index (Phi) is 9.11. The van der Waals surface area contributed by atoms with E-state index in [0.29, 0.717) is 37.5 Å². The molecule has 1 aliphatic rings. The molecule has 212 valence electrons. The first-order valence-electron chi connectivity index (χ1n) is 13.1. The first-order valence-corrected chi connectivity index (χ1v) is 15.8. The van der Waals surface area contributed by atoms with Crippen LogP contribution in [0.25, 0.3) is 6.08 Å². The number of hydrogen-bond acceptors (Lipinski definition) is 7. The molecule has 0 amide bonds. The van der Waals surface area contributed by atoms with Crippen LogP contribution in [0.1, 0.15) is 47.7 Å². The van der Waals surface area contributed by atoms with Crippen molar-refractivity contribution in [1.29, 1.82) is 5.26 Å². The predicted octanol–water partition coefficient (Wildman–Crippen LogP) is 5.92. The number of hydrogen-bond donors (Lipinski definition) is 0. The number of ether oxygens (including phenoxy) is 2. The number of allylic oxidation sites excluding steroid dienone is 1. The fourth-order valence-electron chi connectivity index (χ4n) is 4.74. The van der Waals surface area contributed by atoms with Crippen LogP contribution in [-0.2, 0) is 16.1 Å². The lowest BCUT2D eigenvalue weighted by molar-refractivity contribution is -0.139. The fourth-order valence-corrected chi connectivity index (χ4v) is 7.49. The van der Waals surface area contributed by atoms with Gasteiger partial charge in [-0.25, -0.2) is 9.79 Å². The number of nitrogens with zero attached hydrogens (tertiary/aromatic N) is 3. The molecule has 7 nitrogen and oxygen atoms in total. The normalized spacial score (nSPS) is 14.7. The van der Waals surface area contributed by atoms with Gasteiger partial charge in [0.05, 0.1) is 43.7 Å². The van der Waals surface area contributed by atoms with Crippen molar-refractivity contribution in [2.45, 2.75) is 33.4 Å². The number of esters is 1. The Morgan fingerprint density at radius 3 is 2.64 bits per heavy atom. The van der Waals surface area contributed by atoms with E-state index in [4.69, 9.17) is 9.47 Å². The topological polar surface area (TPSA) is 93.7 Å². The fraction of sp³-hybridized carbons (Fsp3) is 0.188. The lowest BCUT2D eigenvalue weighted by Gasteiger charge is -2.24. The monoisotopic (exact) mass is 753 g/mol. The highest BCUT2D eigenvalue weighted by Crippen LogP contribution is 2.33. The van der Waals surface area contributed by atoms with E-state index in [1.165, 1.54) is 11.3 Å². The summed E-state index contributed by atoms with van der Waals surface area (Å²) in [6.07, 6.45) is 1.79. The smallest absolute Gasteiger partial charge is 0.338 e. The predicted molar refractivity (Wildman–Crippen MR) is 174 cm³/mol. The van der Waals surface area contributed by atoms with Gasteiger partial charge in [-0.1, -0.05) is 75.3 Å². The Morgan fingerprint density at radius 2 is 1.93 bits per heavy atom. The summed E-state index contributed by atoms with van der Waals surface area (Å²) in [5.74, 6) is 0.101. The Balaban J connectivity index is 1.65. The van der Waals surface area contributed by atoms with Crippen LogP contribution >= 0.6 is 49.9 Å². The third-order valence-corrected chi connectivity index (χ3v) is 8.99. The molecular formula is C32H25BrIN3O4S. The van der Waals surface area contributed by atoms with E-state index in [9.17, 15) is 14.9 Å². The quantitative estimate of drug-likeness (QED) is 0.173. The standard InChI is InChI=1S/C32H25BrIN3O4S/c1-4-40-31(39)27-19(3)36-32-37(28(27)20-11-9-18(2)10-12-20)30(38)26(42-32)14-23-13-24(33)15-25(34)29(23)41-17-22-8-6-5-7-21(22)16-35/h5-15,28H,4,17H2,1-3H3/b26-14-/t28-/m0/s1. The SMILES string of the molecule is CCOC(=O)C1=C(C)N=c2s/c(=C\c3cc(Br)cc(I)c3OCc3ccccc3C#N)c(=O)n2[C@H]1c1ccc(C)cc1. The van der Waals surface area contributed by atoms with E-state index in [1.807, 2.05) is 61.5 Å². The second-order valence-corrected chi connectivity index (χ2v) is 12.7. The molecule has 0 spiro atoms. The summed E-state index contributed by atoms with van der Waals surface area (Å²) < 4.78 is 15.3. The van der Waals surface area contributed by atoms with E-state index in [-0.39, 0.29) is 18.8 Å². The minimum atomic E-state index is -0.677. The van der Waals surface area contributed by atoms with Gasteiger partial charge in [0.2, 0.25) is 0 Å². The lowest BCUT2D eigenvalue weighted by Crippen LogP contribution is -2.39. The van der Waals surface area contributed by atoms with Crippen molar-refractivity contribution < 1.29 is 14.3 Å². The van der Waals surface area contributed by atoms with Gasteiger partial charge in [-0.2, -0.15) is 5.26 Å². The first kappa shape index (κ1) is 29.9. The molecule has 0 radical (unpaired) electrons. The number of benzene rings is 3. The summed E-state index contributed by atoms with van der Waals surface area (Å²) in [6, 6.07) is 20.4. The van der Waals surface area contributed by atoms with Gasteiger partial charge >= 0.3 is 5.97 Å². The summed E-state index contributed by atoms with van der Waals surface area (Å²) >= 11 is 7.02. The highest BCUT2D eigenvalue weighted by Gasteiger charge is 2.33. The number of aromatic nitrogens is 1. The molecule has 10 heteroatoms. The molecule has 42 heavy (non-hydrogen) atoms. The molecule has 1 aliphatic heterocycles. The summed E-state index contributed by atoms with van der Waals surface area (Å²) in [7, 11) is 0. The Labute approximate surface area is 268 Å². The third kappa shape index (κ3) is 6.00. The molecule has 1 atom stereocenters. The van der Waals surface area contributed by atoms with Gasteiger partial charge in [0.25, 0.3) is 5.56 Å². The van der Waals surface area contributed by atoms with Crippen LogP contribution in [0, 0.1) is 21.8 Å². The maximum atomic E-state index is 14.1. The van der Waals surface area contributed by atoms with E-state index < -0.39 is 12.0 Å². The summed E-state index contributed by atoms with van der Waals surface area (Å²) in [5, 5.41) is 9.49. The molecule has 0 aliphatic carbocycles. The molecule has 5 rings (SSSR count). The van der Waals surface area contributed by atoms with E-state index in [2.05, 4.69) is 49.6 Å². The Hall–Kier alpha value is -3.53. The number of carbonyl (C=O) groups excluding carboxylic acids is 1. The highest BCUT2D eigenvalue weighted by atomic mass is 127. The molecule has 0 N–H and O–H groups in total. The number of carbonyl (C=O) groups is 1. The highest BCUT2D eigenvalue weighted by molar-refractivity contribution is 14.1. The first-order chi connectivity index (χ1) is 20.2. The zero-order chi connectivity index (χ0) is 30.0. The summed E-state index contributed by atoms with van der Waals surface area (Å²) in [6.45, 7) is 5.91. The van der Waals surface area contributed by atoms with Gasteiger partial charge in [0, 0.05) is 15.6 Å². The maximum absolute atomic E-state index is 14.1. The van der Waals surface area contributed by atoms with Crippen LogP contribution in [0.5, 0.6) is 5.75 Å². The van der Waals surface area contributed by atoms with E-state index in [0.717, 1.165) is 24.7 Å². The molecule has 3 aromatic carbocycles. The molecule has 1 aromatic heterocycles. The van der Waals surface area contributed by atoms with Gasteiger partial charge in [-0.05, 0) is 73.2 Å². The molecule has 0 saturated heterocycles. The lowest BCUT2D eigenvalue weighted by atomic mass is 9.95. The van der Waals surface area contributed by atoms with Crippen molar-refractivity contribution in [3.63, 3.8) is 0 Å². The van der Waals surface area contributed by atoms with Crippen molar-refractivity contribution in [2.75, 3.05) is 6.61 Å². The third-order valence-electron chi connectivity index (χ3n) is 6.74. The van der Waals surface area contributed by atoms with Gasteiger partial charge < -0.3 is 9.47 Å². The number of halogens is 2. The van der Waals surface area contributed by atoms with E-state index >= 15 is 0 Å². The number of aryl methyl sites for hydroxylation is 1. The van der Waals surface area contributed by atoms with Crippen LogP contribution in [0.15, 0.2) is 86.2 Å². The Morgan fingerprint density at radius 1 is 1.19 bits per heavy atom. The zero-order valence-electron chi connectivity index (χ0n) is 23.0. The minimum absolute atomic E-state index is 0.193. The average Bonchev–Trinajstić information content (AvgIpc) is 3.26. The molecule has 0 saturated carbocycles. The van der Waals surface area contributed by atoms with Crippen molar-refractivity contribution in [1.82, 2.24) is 4.57 Å². The minimum Gasteiger partial charge on any atom is -0.487 e. The van der Waals surface area contributed by atoms with Gasteiger partial charge in [-0.3, -0.25) is 9.36 Å². The van der Waals surface area contributed by atoms with Crippen molar-refractivity contribution in [3.8, 4) is 11.8 Å². The zero-order valence-corrected chi connectivity index (χ0v) is 27.5. The van der Waals surface area contributed by atoms with Gasteiger partial charge in [0.1, 0.15) is 12.4 Å². The van der Waals surface area contributed by atoms with Crippen molar-refractivity contribution in [2.24, 2.45) is 4.99 Å². The number of rotatable bonds is 7. The number of nitriles is 1. The van der Waals surface area contributed by atoms with Crippen LogP contribution in [-0.4, -0.2) is 17.1 Å². The van der Waals surface area contributed by atoms with Crippen LogP contribution in [0.2, 0.25) is 0 Å². The van der Waals surface area contributed by atoms with Crippen LogP contribution < -0.4 is 19.6 Å². The molecule has 2 heterocycles. The Bertz CT molecular complexity index is 1960. The summed E-state index contributed by atoms with van der Waals surface area (Å²) in [5.41, 5.74) is 4.46. The second kappa shape index (κ2) is 12.8. The number of thiazole rings is 1. The summed E-state index contributed by atoms with van der Waals surface area (Å²) in [4.78, 5) is 32.4. The largest absolute Gasteiger partial charge is 0.487 e. The van der Waals surface area contributed by atoms with Gasteiger partial charge in [-0.15, -0.1) is 0 Å². The van der Waals surface area contributed by atoms with Crippen LogP contribution in [0.4, 0.5) is 0 Å². The van der Waals surface area contributed by atoms with Gasteiger partial charge in [0.15, 0.2) is 4.80 Å². The number of fused-ring (bicyclic) bond motifs is 1. The molecule has 4 aromatic rings. The maximum Gasteiger partial charge on any atom is 0.338 e. The second-order valence-electron chi connectivity index (χ2n) is 9.58. The molecule has 0 unspecified atom stereocenters. The average molecular weight is 754 g/mol.